The van der Waals surface area contributed by atoms with Crippen LogP contribution in [-0.2, 0) is 22.4 Å². The van der Waals surface area contributed by atoms with E-state index in [1.165, 1.54) is 0 Å². The number of carbonyl (C=O) groups excluding carboxylic acids is 2. The van der Waals surface area contributed by atoms with Gasteiger partial charge in [0.2, 0.25) is 0 Å². The standard InChI is InChI=1S/C29H27NO5/c1-18-16-22-17-21(10-13-24(22)35-18)27(31)25-26(20-8-11-23(34-2)12-9-20)30(29(33)28(25)32)15-14-19-6-4-3-5-7-19/h3-13,17-18,26,31H,14-16H2,1-2H3/b27-25+/t18-,26+/m1/s1. The molecule has 6 heteroatoms. The van der Waals surface area contributed by atoms with Gasteiger partial charge in [0.1, 0.15) is 23.4 Å². The maximum atomic E-state index is 13.3. The quantitative estimate of drug-likeness (QED) is 0.322. The van der Waals surface area contributed by atoms with Crippen LogP contribution in [0, 0.1) is 0 Å². The first-order valence-corrected chi connectivity index (χ1v) is 11.7. The molecule has 3 aromatic rings. The number of carbonyl (C=O) groups is 2. The average Bonchev–Trinajstić information content (AvgIpc) is 3.38. The molecule has 0 spiro atoms. The molecule has 1 saturated heterocycles. The summed E-state index contributed by atoms with van der Waals surface area (Å²) in [7, 11) is 1.58. The van der Waals surface area contributed by atoms with Crippen LogP contribution in [0.4, 0.5) is 0 Å². The van der Waals surface area contributed by atoms with Gasteiger partial charge in [-0.15, -0.1) is 0 Å². The van der Waals surface area contributed by atoms with Gasteiger partial charge in [0, 0.05) is 18.5 Å². The lowest BCUT2D eigenvalue weighted by atomic mass is 9.94. The Kier molecular flexibility index (Phi) is 6.03. The summed E-state index contributed by atoms with van der Waals surface area (Å²) in [6.07, 6.45) is 1.38. The highest BCUT2D eigenvalue weighted by Gasteiger charge is 2.46. The molecule has 0 radical (unpaired) electrons. The molecule has 3 aromatic carbocycles. The molecule has 0 saturated carbocycles. The fourth-order valence-corrected chi connectivity index (χ4v) is 4.86. The zero-order valence-electron chi connectivity index (χ0n) is 19.7. The van der Waals surface area contributed by atoms with Crippen LogP contribution < -0.4 is 9.47 Å². The van der Waals surface area contributed by atoms with Crippen molar-refractivity contribution in [2.45, 2.75) is 31.9 Å². The Morgan fingerprint density at radius 3 is 2.51 bits per heavy atom. The Bertz CT molecular complexity index is 1300. The van der Waals surface area contributed by atoms with Crippen LogP contribution in [0.15, 0.2) is 78.4 Å². The Morgan fingerprint density at radius 1 is 1.06 bits per heavy atom. The van der Waals surface area contributed by atoms with Crippen molar-refractivity contribution in [3.8, 4) is 11.5 Å². The fraction of sp³-hybridized carbons (Fsp3) is 0.241. The fourth-order valence-electron chi connectivity index (χ4n) is 4.86. The molecule has 6 nitrogen and oxygen atoms in total. The number of benzene rings is 3. The van der Waals surface area contributed by atoms with Crippen molar-refractivity contribution in [2.75, 3.05) is 13.7 Å². The summed E-state index contributed by atoms with van der Waals surface area (Å²) in [5.41, 5.74) is 3.37. The molecule has 0 unspecified atom stereocenters. The summed E-state index contributed by atoms with van der Waals surface area (Å²) in [4.78, 5) is 28.0. The summed E-state index contributed by atoms with van der Waals surface area (Å²) in [6.45, 7) is 2.33. The van der Waals surface area contributed by atoms with Gasteiger partial charge in [-0.25, -0.2) is 0 Å². The Labute approximate surface area is 204 Å². The Hall–Kier alpha value is -4.06. The van der Waals surface area contributed by atoms with E-state index in [0.717, 1.165) is 28.9 Å². The van der Waals surface area contributed by atoms with Crippen molar-refractivity contribution in [2.24, 2.45) is 0 Å². The van der Waals surface area contributed by atoms with Gasteiger partial charge in [-0.2, -0.15) is 0 Å². The molecule has 5 rings (SSSR count). The van der Waals surface area contributed by atoms with E-state index in [9.17, 15) is 14.7 Å². The largest absolute Gasteiger partial charge is 0.507 e. The lowest BCUT2D eigenvalue weighted by molar-refractivity contribution is -0.139. The third-order valence-electron chi connectivity index (χ3n) is 6.63. The number of Topliss-reactive ketones (excluding diaryl/α,β-unsaturated/α-hetero) is 1. The summed E-state index contributed by atoms with van der Waals surface area (Å²) < 4.78 is 11.1. The number of rotatable bonds is 6. The van der Waals surface area contributed by atoms with E-state index in [-0.39, 0.29) is 17.4 Å². The number of likely N-dealkylation sites (tertiary alicyclic amines) is 1. The van der Waals surface area contributed by atoms with E-state index in [1.54, 1.807) is 30.2 Å². The SMILES string of the molecule is COc1ccc([C@H]2/C(=C(\O)c3ccc4c(c3)C[C@@H](C)O4)C(=O)C(=O)N2CCc2ccccc2)cc1. The molecule has 0 aromatic heterocycles. The Morgan fingerprint density at radius 2 is 1.80 bits per heavy atom. The van der Waals surface area contributed by atoms with Crippen molar-refractivity contribution in [1.82, 2.24) is 4.90 Å². The second-order valence-electron chi connectivity index (χ2n) is 8.96. The van der Waals surface area contributed by atoms with Gasteiger partial charge in [0.15, 0.2) is 0 Å². The van der Waals surface area contributed by atoms with Crippen LogP contribution in [0.2, 0.25) is 0 Å². The number of aliphatic hydroxyl groups excluding tert-OH is 1. The number of ketones is 1. The first-order chi connectivity index (χ1) is 17.0. The molecule has 2 aliphatic heterocycles. The highest BCUT2D eigenvalue weighted by Crippen LogP contribution is 2.41. The number of hydrogen-bond acceptors (Lipinski definition) is 5. The maximum absolute atomic E-state index is 13.3. The smallest absolute Gasteiger partial charge is 0.295 e. The van der Waals surface area contributed by atoms with Gasteiger partial charge < -0.3 is 19.5 Å². The molecular formula is C29H27NO5. The van der Waals surface area contributed by atoms with Crippen LogP contribution in [0.25, 0.3) is 5.76 Å². The third-order valence-corrected chi connectivity index (χ3v) is 6.63. The molecule has 0 aliphatic carbocycles. The second-order valence-corrected chi connectivity index (χ2v) is 8.96. The normalized spacial score (nSPS) is 20.6. The minimum Gasteiger partial charge on any atom is -0.507 e. The number of hydrogen-bond donors (Lipinski definition) is 1. The Balaban J connectivity index is 1.57. The molecule has 1 fully saturated rings. The van der Waals surface area contributed by atoms with Crippen LogP contribution >= 0.6 is 0 Å². The topological polar surface area (TPSA) is 76.1 Å². The third kappa shape index (κ3) is 4.28. The lowest BCUT2D eigenvalue weighted by Gasteiger charge is -2.25. The van der Waals surface area contributed by atoms with Gasteiger partial charge in [-0.05, 0) is 60.4 Å². The molecule has 2 heterocycles. The molecule has 35 heavy (non-hydrogen) atoms. The predicted octanol–water partition coefficient (Wildman–Crippen LogP) is 4.68. The average molecular weight is 470 g/mol. The number of ether oxygens (including phenoxy) is 2. The molecule has 1 amide bonds. The van der Waals surface area contributed by atoms with Gasteiger partial charge in [-0.3, -0.25) is 9.59 Å². The molecule has 2 atom stereocenters. The number of aliphatic hydroxyl groups is 1. The van der Waals surface area contributed by atoms with Gasteiger partial charge in [0.25, 0.3) is 11.7 Å². The van der Waals surface area contributed by atoms with E-state index in [1.807, 2.05) is 61.5 Å². The number of methoxy groups -OCH3 is 1. The van der Waals surface area contributed by atoms with Gasteiger partial charge >= 0.3 is 0 Å². The monoisotopic (exact) mass is 469 g/mol. The van der Waals surface area contributed by atoms with Gasteiger partial charge in [-0.1, -0.05) is 42.5 Å². The number of nitrogens with zero attached hydrogens (tertiary/aromatic N) is 1. The van der Waals surface area contributed by atoms with E-state index in [2.05, 4.69) is 0 Å². The predicted molar refractivity (Wildman–Crippen MR) is 132 cm³/mol. The van der Waals surface area contributed by atoms with E-state index >= 15 is 0 Å². The molecule has 2 aliphatic rings. The lowest BCUT2D eigenvalue weighted by Crippen LogP contribution is -2.31. The highest BCUT2D eigenvalue weighted by molar-refractivity contribution is 6.46. The van der Waals surface area contributed by atoms with Crippen molar-refractivity contribution >= 4 is 17.4 Å². The molecular weight excluding hydrogens is 442 g/mol. The van der Waals surface area contributed by atoms with E-state index in [4.69, 9.17) is 9.47 Å². The second kappa shape index (κ2) is 9.29. The van der Waals surface area contributed by atoms with Crippen LogP contribution in [-0.4, -0.2) is 41.5 Å². The van der Waals surface area contributed by atoms with Crippen LogP contribution in [0.5, 0.6) is 11.5 Å². The van der Waals surface area contributed by atoms with Crippen molar-refractivity contribution in [3.05, 3.63) is 101 Å². The molecule has 178 valence electrons. The zero-order chi connectivity index (χ0) is 24.5. The molecule has 0 bridgehead atoms. The highest BCUT2D eigenvalue weighted by atomic mass is 16.5. The minimum absolute atomic E-state index is 0.0604. The van der Waals surface area contributed by atoms with Crippen LogP contribution in [0.3, 0.4) is 0 Å². The van der Waals surface area contributed by atoms with Crippen molar-refractivity contribution < 1.29 is 24.2 Å². The summed E-state index contributed by atoms with van der Waals surface area (Å²) in [6, 6.07) is 21.7. The number of amides is 1. The maximum Gasteiger partial charge on any atom is 0.295 e. The molecule has 1 N–H and O–H groups in total. The first kappa shape index (κ1) is 22.7. The first-order valence-electron chi connectivity index (χ1n) is 11.7. The van der Waals surface area contributed by atoms with Crippen molar-refractivity contribution in [1.29, 1.82) is 0 Å². The van der Waals surface area contributed by atoms with Crippen LogP contribution in [0.1, 0.15) is 35.2 Å². The summed E-state index contributed by atoms with van der Waals surface area (Å²) >= 11 is 0. The van der Waals surface area contributed by atoms with E-state index in [0.29, 0.717) is 24.3 Å². The van der Waals surface area contributed by atoms with Gasteiger partial charge in [0.05, 0.1) is 18.7 Å². The minimum atomic E-state index is -0.701. The zero-order valence-corrected chi connectivity index (χ0v) is 19.7. The number of fused-ring (bicyclic) bond motifs is 1. The van der Waals surface area contributed by atoms with Crippen molar-refractivity contribution in [3.63, 3.8) is 0 Å². The van der Waals surface area contributed by atoms with E-state index < -0.39 is 17.7 Å². The summed E-state index contributed by atoms with van der Waals surface area (Å²) in [5, 5.41) is 11.4. The summed E-state index contributed by atoms with van der Waals surface area (Å²) in [5.74, 6) is -0.0107.